The maximum atomic E-state index is 11.7. The van der Waals surface area contributed by atoms with Crippen LogP contribution in [0.5, 0.6) is 0 Å². The molecule has 1 heterocycles. The third kappa shape index (κ3) is 4.50. The Morgan fingerprint density at radius 1 is 1.35 bits per heavy atom. The van der Waals surface area contributed by atoms with Crippen LogP contribution >= 0.6 is 0 Å². The molecule has 98 valence electrons. The van der Waals surface area contributed by atoms with Gasteiger partial charge >= 0.3 is 12.2 Å². The Hall–Kier alpha value is -1.46. The Balaban J connectivity index is 2.39. The minimum atomic E-state index is -0.503. The molecule has 0 bridgehead atoms. The molecule has 1 atom stereocenters. The van der Waals surface area contributed by atoms with Crippen LogP contribution in [-0.2, 0) is 9.47 Å². The van der Waals surface area contributed by atoms with Crippen LogP contribution in [0.4, 0.5) is 9.59 Å². The van der Waals surface area contributed by atoms with Crippen LogP contribution in [-0.4, -0.2) is 48.9 Å². The van der Waals surface area contributed by atoms with Crippen molar-refractivity contribution in [1.82, 2.24) is 10.2 Å². The number of ether oxygens (including phenoxy) is 2. The number of amides is 2. The quantitative estimate of drug-likeness (QED) is 0.756. The predicted molar refractivity (Wildman–Crippen MR) is 61.8 cm³/mol. The molecule has 1 aliphatic heterocycles. The minimum absolute atomic E-state index is 0.248. The zero-order valence-electron chi connectivity index (χ0n) is 10.8. The molecule has 1 aliphatic rings. The molecule has 0 aromatic heterocycles. The van der Waals surface area contributed by atoms with Gasteiger partial charge in [0.2, 0.25) is 0 Å². The average molecular weight is 244 g/mol. The van der Waals surface area contributed by atoms with Crippen molar-refractivity contribution in [2.45, 2.75) is 38.9 Å². The number of rotatable bonds is 1. The van der Waals surface area contributed by atoms with Crippen LogP contribution in [0.1, 0.15) is 27.2 Å². The van der Waals surface area contributed by atoms with E-state index in [0.717, 1.165) is 0 Å². The second-order valence-corrected chi connectivity index (χ2v) is 4.99. The molecule has 0 saturated carbocycles. The topological polar surface area (TPSA) is 67.9 Å². The second-order valence-electron chi connectivity index (χ2n) is 4.99. The molecular formula is C11H20N2O4. The number of likely N-dealkylation sites (tertiary alicyclic amines) is 1. The summed E-state index contributed by atoms with van der Waals surface area (Å²) in [6.45, 7) is 6.40. The Kier molecular flexibility index (Phi) is 4.20. The van der Waals surface area contributed by atoms with E-state index in [1.165, 1.54) is 7.05 Å². The molecule has 0 aromatic rings. The number of alkyl carbamates (subject to hydrolysis) is 1. The summed E-state index contributed by atoms with van der Waals surface area (Å²) in [5.74, 6) is 0. The summed E-state index contributed by atoms with van der Waals surface area (Å²) in [4.78, 5) is 24.3. The highest BCUT2D eigenvalue weighted by Gasteiger charge is 2.31. The fraction of sp³-hybridized carbons (Fsp3) is 0.818. The van der Waals surface area contributed by atoms with E-state index >= 15 is 0 Å². The van der Waals surface area contributed by atoms with Crippen molar-refractivity contribution in [3.05, 3.63) is 0 Å². The summed E-state index contributed by atoms with van der Waals surface area (Å²) >= 11 is 0. The molecule has 0 aromatic carbocycles. The largest absolute Gasteiger partial charge is 0.444 e. The van der Waals surface area contributed by atoms with Gasteiger partial charge in [0, 0.05) is 20.0 Å². The van der Waals surface area contributed by atoms with Gasteiger partial charge in [0.15, 0.2) is 0 Å². The first-order valence-electron chi connectivity index (χ1n) is 5.68. The van der Waals surface area contributed by atoms with Crippen molar-refractivity contribution < 1.29 is 19.1 Å². The summed E-state index contributed by atoms with van der Waals surface area (Å²) in [6.07, 6.45) is -0.434. The van der Waals surface area contributed by atoms with E-state index in [0.29, 0.717) is 19.5 Å². The summed E-state index contributed by atoms with van der Waals surface area (Å²) in [5.41, 5.74) is -0.503. The summed E-state index contributed by atoms with van der Waals surface area (Å²) in [7, 11) is 1.50. The van der Waals surface area contributed by atoms with Gasteiger partial charge in [-0.3, -0.25) is 0 Å². The lowest BCUT2D eigenvalue weighted by Gasteiger charge is -2.24. The van der Waals surface area contributed by atoms with Gasteiger partial charge < -0.3 is 19.7 Å². The van der Waals surface area contributed by atoms with Crippen LogP contribution in [0.2, 0.25) is 0 Å². The average Bonchev–Trinajstić information content (AvgIpc) is 2.63. The van der Waals surface area contributed by atoms with Gasteiger partial charge in [-0.15, -0.1) is 0 Å². The fourth-order valence-corrected chi connectivity index (χ4v) is 1.53. The van der Waals surface area contributed by atoms with E-state index in [4.69, 9.17) is 9.47 Å². The van der Waals surface area contributed by atoms with Gasteiger partial charge in [-0.2, -0.15) is 0 Å². The standard InChI is InChI=1S/C11H20N2O4/c1-11(2,3)17-10(15)13-6-5-8(7-13)16-9(14)12-4/h8H,5-7H2,1-4H3,(H,12,14)/t8-/m1/s1. The highest BCUT2D eigenvalue weighted by atomic mass is 16.6. The zero-order valence-corrected chi connectivity index (χ0v) is 10.8. The van der Waals surface area contributed by atoms with E-state index in [1.807, 2.05) is 20.8 Å². The Morgan fingerprint density at radius 3 is 2.53 bits per heavy atom. The second kappa shape index (κ2) is 5.25. The molecule has 0 radical (unpaired) electrons. The third-order valence-corrected chi connectivity index (χ3v) is 2.27. The molecule has 0 unspecified atom stereocenters. The number of carbonyl (C=O) groups excluding carboxylic acids is 2. The molecule has 6 nitrogen and oxygen atoms in total. The van der Waals surface area contributed by atoms with Crippen molar-refractivity contribution in [1.29, 1.82) is 0 Å². The van der Waals surface area contributed by atoms with Crippen LogP contribution in [0.25, 0.3) is 0 Å². The Labute approximate surface area is 101 Å². The monoisotopic (exact) mass is 244 g/mol. The molecule has 2 amide bonds. The van der Waals surface area contributed by atoms with Gasteiger partial charge in [0.25, 0.3) is 0 Å². The lowest BCUT2D eigenvalue weighted by molar-refractivity contribution is 0.0259. The molecule has 0 spiro atoms. The summed E-state index contributed by atoms with van der Waals surface area (Å²) < 4.78 is 10.3. The first kappa shape index (κ1) is 13.6. The van der Waals surface area contributed by atoms with E-state index in [2.05, 4.69) is 5.32 Å². The predicted octanol–water partition coefficient (Wildman–Crippen LogP) is 1.35. The molecule has 1 saturated heterocycles. The molecule has 6 heteroatoms. The number of nitrogens with one attached hydrogen (secondary N) is 1. The van der Waals surface area contributed by atoms with E-state index in [1.54, 1.807) is 4.90 Å². The number of nitrogens with zero attached hydrogens (tertiary/aromatic N) is 1. The molecular weight excluding hydrogens is 224 g/mol. The maximum Gasteiger partial charge on any atom is 0.410 e. The van der Waals surface area contributed by atoms with E-state index in [-0.39, 0.29) is 12.2 Å². The fourth-order valence-electron chi connectivity index (χ4n) is 1.53. The van der Waals surface area contributed by atoms with Crippen molar-refractivity contribution >= 4 is 12.2 Å². The van der Waals surface area contributed by atoms with Crippen LogP contribution < -0.4 is 5.32 Å². The Bertz CT molecular complexity index is 298. The highest BCUT2D eigenvalue weighted by molar-refractivity contribution is 5.69. The molecule has 1 rings (SSSR count). The van der Waals surface area contributed by atoms with Crippen LogP contribution in [0.15, 0.2) is 0 Å². The highest BCUT2D eigenvalue weighted by Crippen LogP contribution is 2.17. The zero-order chi connectivity index (χ0) is 13.1. The van der Waals surface area contributed by atoms with E-state index < -0.39 is 11.7 Å². The molecule has 0 aliphatic carbocycles. The van der Waals surface area contributed by atoms with Crippen molar-refractivity contribution in [3.8, 4) is 0 Å². The van der Waals surface area contributed by atoms with Crippen LogP contribution in [0, 0.1) is 0 Å². The minimum Gasteiger partial charge on any atom is -0.444 e. The lowest BCUT2D eigenvalue weighted by atomic mass is 10.2. The Morgan fingerprint density at radius 2 is 2.00 bits per heavy atom. The summed E-state index contributed by atoms with van der Waals surface area (Å²) in [6, 6.07) is 0. The normalized spacial score (nSPS) is 20.0. The molecule has 1 N–H and O–H groups in total. The number of carbonyl (C=O) groups is 2. The van der Waals surface area contributed by atoms with Crippen molar-refractivity contribution in [3.63, 3.8) is 0 Å². The number of hydrogen-bond donors (Lipinski definition) is 1. The van der Waals surface area contributed by atoms with Gasteiger partial charge in [-0.1, -0.05) is 0 Å². The van der Waals surface area contributed by atoms with Gasteiger partial charge in [0.1, 0.15) is 11.7 Å². The van der Waals surface area contributed by atoms with Crippen molar-refractivity contribution in [2.24, 2.45) is 0 Å². The third-order valence-electron chi connectivity index (χ3n) is 2.27. The smallest absolute Gasteiger partial charge is 0.410 e. The number of hydrogen-bond acceptors (Lipinski definition) is 4. The first-order valence-corrected chi connectivity index (χ1v) is 5.68. The van der Waals surface area contributed by atoms with Crippen molar-refractivity contribution in [2.75, 3.05) is 20.1 Å². The SMILES string of the molecule is CNC(=O)O[C@@H]1CCN(C(=O)OC(C)(C)C)C1. The molecule has 1 fully saturated rings. The van der Waals surface area contributed by atoms with Crippen LogP contribution in [0.3, 0.4) is 0 Å². The van der Waals surface area contributed by atoms with Gasteiger partial charge in [-0.25, -0.2) is 9.59 Å². The van der Waals surface area contributed by atoms with E-state index in [9.17, 15) is 9.59 Å². The summed E-state index contributed by atoms with van der Waals surface area (Å²) in [5, 5.41) is 2.38. The first-order chi connectivity index (χ1) is 7.81. The molecule has 17 heavy (non-hydrogen) atoms. The van der Waals surface area contributed by atoms with Gasteiger partial charge in [0.05, 0.1) is 6.54 Å². The lowest BCUT2D eigenvalue weighted by Crippen LogP contribution is -2.36. The maximum absolute atomic E-state index is 11.7. The van der Waals surface area contributed by atoms with Gasteiger partial charge in [-0.05, 0) is 20.8 Å².